The number of ether oxygens (including phenoxy) is 1. The number of hydrogen-bond donors (Lipinski definition) is 0. The summed E-state index contributed by atoms with van der Waals surface area (Å²) < 4.78 is 65.0. The molecule has 1 amide bonds. The quantitative estimate of drug-likeness (QED) is 0.692. The number of halogens is 2. The van der Waals surface area contributed by atoms with Crippen LogP contribution in [0.15, 0.2) is 33.6 Å². The van der Waals surface area contributed by atoms with E-state index >= 15 is 0 Å². The standard InChI is InChI=1S/C21H24F2N2O5S/c1-14-20(31(27,28)25-8-2-3-9-25)13-19(29-14)21(26)24-10-6-16(7-11-24)30-18-5-4-15(22)12-17(18)23/h4-5,12-13,16H,2-3,6-11H2,1H3. The van der Waals surface area contributed by atoms with Gasteiger partial charge in [-0.15, -0.1) is 0 Å². The molecule has 10 heteroatoms. The molecular formula is C21H24F2N2O5S. The highest BCUT2D eigenvalue weighted by molar-refractivity contribution is 7.89. The van der Waals surface area contributed by atoms with E-state index in [0.29, 0.717) is 39.0 Å². The first-order valence-electron chi connectivity index (χ1n) is 10.3. The van der Waals surface area contributed by atoms with Crippen molar-refractivity contribution in [1.29, 1.82) is 0 Å². The summed E-state index contributed by atoms with van der Waals surface area (Å²) >= 11 is 0. The normalized spacial score (nSPS) is 18.5. The van der Waals surface area contributed by atoms with Gasteiger partial charge in [-0.05, 0) is 31.9 Å². The number of hydrogen-bond acceptors (Lipinski definition) is 5. The molecule has 0 radical (unpaired) electrons. The Morgan fingerprint density at radius 3 is 2.42 bits per heavy atom. The molecule has 0 spiro atoms. The highest BCUT2D eigenvalue weighted by Crippen LogP contribution is 2.28. The molecule has 168 valence electrons. The van der Waals surface area contributed by atoms with Crippen LogP contribution in [0, 0.1) is 18.6 Å². The zero-order valence-electron chi connectivity index (χ0n) is 17.1. The summed E-state index contributed by atoms with van der Waals surface area (Å²) in [5.41, 5.74) is 0. The van der Waals surface area contributed by atoms with Crippen molar-refractivity contribution in [2.75, 3.05) is 26.2 Å². The van der Waals surface area contributed by atoms with E-state index in [0.717, 1.165) is 25.0 Å². The number of aryl methyl sites for hydroxylation is 1. The Bertz CT molecular complexity index is 1070. The van der Waals surface area contributed by atoms with Gasteiger partial charge in [-0.2, -0.15) is 4.31 Å². The van der Waals surface area contributed by atoms with Crippen molar-refractivity contribution in [3.05, 3.63) is 47.4 Å². The molecule has 2 aromatic rings. The Morgan fingerprint density at radius 2 is 1.77 bits per heavy atom. The van der Waals surface area contributed by atoms with Gasteiger partial charge in [0.1, 0.15) is 22.6 Å². The Labute approximate surface area is 179 Å². The Kier molecular flexibility index (Phi) is 6.02. The fraction of sp³-hybridized carbons (Fsp3) is 0.476. The summed E-state index contributed by atoms with van der Waals surface area (Å²) in [7, 11) is -3.68. The monoisotopic (exact) mass is 454 g/mol. The van der Waals surface area contributed by atoms with E-state index in [1.54, 1.807) is 4.90 Å². The molecule has 0 aliphatic carbocycles. The van der Waals surface area contributed by atoms with Crippen LogP contribution >= 0.6 is 0 Å². The maximum absolute atomic E-state index is 13.8. The van der Waals surface area contributed by atoms with E-state index in [4.69, 9.17) is 9.15 Å². The molecule has 1 aromatic carbocycles. The van der Waals surface area contributed by atoms with Crippen molar-refractivity contribution < 1.29 is 31.1 Å². The smallest absolute Gasteiger partial charge is 0.289 e. The first-order chi connectivity index (χ1) is 14.8. The minimum Gasteiger partial charge on any atom is -0.487 e. The lowest BCUT2D eigenvalue weighted by Crippen LogP contribution is -2.41. The van der Waals surface area contributed by atoms with E-state index in [9.17, 15) is 22.0 Å². The minimum atomic E-state index is -3.68. The van der Waals surface area contributed by atoms with Gasteiger partial charge in [0.2, 0.25) is 10.0 Å². The highest BCUT2D eigenvalue weighted by atomic mass is 32.2. The van der Waals surface area contributed by atoms with E-state index < -0.39 is 27.6 Å². The van der Waals surface area contributed by atoms with Crippen LogP contribution in [0.5, 0.6) is 5.75 Å². The third-order valence-corrected chi connectivity index (χ3v) is 7.69. The SMILES string of the molecule is Cc1oc(C(=O)N2CCC(Oc3ccc(F)cc3F)CC2)cc1S(=O)(=O)N1CCCC1. The number of nitrogens with zero attached hydrogens (tertiary/aromatic N) is 2. The molecule has 4 rings (SSSR count). The topological polar surface area (TPSA) is 80.1 Å². The average molecular weight is 454 g/mol. The van der Waals surface area contributed by atoms with Crippen LogP contribution in [-0.2, 0) is 10.0 Å². The first kappa shape index (κ1) is 21.8. The van der Waals surface area contributed by atoms with Gasteiger partial charge in [0.15, 0.2) is 17.3 Å². The molecule has 0 N–H and O–H groups in total. The van der Waals surface area contributed by atoms with Crippen LogP contribution in [0.3, 0.4) is 0 Å². The fourth-order valence-corrected chi connectivity index (χ4v) is 5.66. The number of likely N-dealkylation sites (tertiary alicyclic amines) is 1. The maximum atomic E-state index is 13.8. The van der Waals surface area contributed by atoms with Crippen LogP contribution in [0.1, 0.15) is 42.0 Å². The lowest BCUT2D eigenvalue weighted by atomic mass is 10.1. The van der Waals surface area contributed by atoms with Gasteiger partial charge in [0.25, 0.3) is 5.91 Å². The van der Waals surface area contributed by atoms with E-state index in [-0.39, 0.29) is 28.3 Å². The molecule has 3 heterocycles. The van der Waals surface area contributed by atoms with Crippen molar-refractivity contribution in [2.24, 2.45) is 0 Å². The Morgan fingerprint density at radius 1 is 1.10 bits per heavy atom. The van der Waals surface area contributed by atoms with Crippen molar-refractivity contribution in [2.45, 2.75) is 43.6 Å². The molecule has 31 heavy (non-hydrogen) atoms. The van der Waals surface area contributed by atoms with Crippen LogP contribution in [0.4, 0.5) is 8.78 Å². The first-order valence-corrected chi connectivity index (χ1v) is 11.7. The number of benzene rings is 1. The number of sulfonamides is 1. The van der Waals surface area contributed by atoms with E-state index in [2.05, 4.69) is 0 Å². The summed E-state index contributed by atoms with van der Waals surface area (Å²) in [6.45, 7) is 3.17. The largest absolute Gasteiger partial charge is 0.487 e. The number of amides is 1. The summed E-state index contributed by atoms with van der Waals surface area (Å²) in [5.74, 6) is -1.68. The summed E-state index contributed by atoms with van der Waals surface area (Å²) in [5, 5.41) is 0. The molecular weight excluding hydrogens is 430 g/mol. The Hall–Kier alpha value is -2.46. The second-order valence-electron chi connectivity index (χ2n) is 7.83. The van der Waals surface area contributed by atoms with Gasteiger partial charge < -0.3 is 14.1 Å². The van der Waals surface area contributed by atoms with Crippen molar-refractivity contribution >= 4 is 15.9 Å². The van der Waals surface area contributed by atoms with Crippen LogP contribution in [-0.4, -0.2) is 55.8 Å². The number of carbonyl (C=O) groups excluding carboxylic acids is 1. The van der Waals surface area contributed by atoms with Crippen molar-refractivity contribution in [3.8, 4) is 5.75 Å². The number of furan rings is 1. The highest BCUT2D eigenvalue weighted by Gasteiger charge is 2.33. The van der Waals surface area contributed by atoms with Gasteiger partial charge >= 0.3 is 0 Å². The predicted octanol–water partition coefficient (Wildman–Crippen LogP) is 3.33. The maximum Gasteiger partial charge on any atom is 0.289 e. The van der Waals surface area contributed by atoms with Gasteiger partial charge in [0, 0.05) is 51.2 Å². The molecule has 0 bridgehead atoms. The average Bonchev–Trinajstić information content (AvgIpc) is 3.41. The molecule has 2 aliphatic rings. The molecule has 2 fully saturated rings. The zero-order valence-corrected chi connectivity index (χ0v) is 18.0. The van der Waals surface area contributed by atoms with Crippen LogP contribution in [0.25, 0.3) is 0 Å². The molecule has 1 aromatic heterocycles. The Balaban J connectivity index is 1.40. The zero-order chi connectivity index (χ0) is 22.2. The number of carbonyl (C=O) groups is 1. The lowest BCUT2D eigenvalue weighted by molar-refractivity contribution is 0.0558. The third-order valence-electron chi connectivity index (χ3n) is 5.68. The number of rotatable bonds is 5. The molecule has 0 unspecified atom stereocenters. The second kappa shape index (κ2) is 8.58. The summed E-state index contributed by atoms with van der Waals surface area (Å²) in [6.07, 6.45) is 2.25. The summed E-state index contributed by atoms with van der Waals surface area (Å²) in [4.78, 5) is 14.4. The van der Waals surface area contributed by atoms with Gasteiger partial charge in [-0.3, -0.25) is 4.79 Å². The summed E-state index contributed by atoms with van der Waals surface area (Å²) in [6, 6.07) is 4.45. The van der Waals surface area contributed by atoms with Crippen molar-refractivity contribution in [1.82, 2.24) is 9.21 Å². The predicted molar refractivity (Wildman–Crippen MR) is 107 cm³/mol. The second-order valence-corrected chi connectivity index (χ2v) is 9.73. The molecule has 0 saturated carbocycles. The fourth-order valence-electron chi connectivity index (χ4n) is 3.98. The molecule has 2 aliphatic heterocycles. The van der Waals surface area contributed by atoms with Gasteiger partial charge in [-0.1, -0.05) is 0 Å². The molecule has 0 atom stereocenters. The lowest BCUT2D eigenvalue weighted by Gasteiger charge is -2.31. The van der Waals surface area contributed by atoms with E-state index in [1.165, 1.54) is 23.4 Å². The number of piperidine rings is 1. The molecule has 2 saturated heterocycles. The van der Waals surface area contributed by atoms with E-state index in [1.807, 2.05) is 0 Å². The third kappa shape index (κ3) is 4.45. The van der Waals surface area contributed by atoms with Gasteiger partial charge in [-0.25, -0.2) is 17.2 Å². The van der Waals surface area contributed by atoms with Crippen LogP contribution < -0.4 is 4.74 Å². The van der Waals surface area contributed by atoms with Crippen LogP contribution in [0.2, 0.25) is 0 Å². The van der Waals surface area contributed by atoms with Gasteiger partial charge in [0.05, 0.1) is 0 Å². The van der Waals surface area contributed by atoms with Crippen molar-refractivity contribution in [3.63, 3.8) is 0 Å². The molecule has 7 nitrogen and oxygen atoms in total. The minimum absolute atomic E-state index is 0.0146.